The number of amides is 1. The van der Waals surface area contributed by atoms with Gasteiger partial charge in [0.1, 0.15) is 0 Å². The van der Waals surface area contributed by atoms with Crippen molar-refractivity contribution in [3.05, 3.63) is 47.0 Å². The molecule has 1 fully saturated rings. The first kappa shape index (κ1) is 13.7. The second-order valence-electron chi connectivity index (χ2n) is 4.88. The summed E-state index contributed by atoms with van der Waals surface area (Å²) in [5.41, 5.74) is 1.40. The number of halogens is 2. The Balaban J connectivity index is 2.20. The molecule has 0 N–H and O–H groups in total. The minimum atomic E-state index is -0.874. The summed E-state index contributed by atoms with van der Waals surface area (Å²) in [7, 11) is 0. The third-order valence-corrected chi connectivity index (χ3v) is 3.58. The van der Waals surface area contributed by atoms with E-state index in [9.17, 15) is 13.6 Å². The lowest BCUT2D eigenvalue weighted by molar-refractivity contribution is -0.131. The van der Waals surface area contributed by atoms with Crippen molar-refractivity contribution in [3.8, 4) is 0 Å². The summed E-state index contributed by atoms with van der Waals surface area (Å²) in [5, 5.41) is 0. The maximum Gasteiger partial charge on any atom is 0.249 e. The van der Waals surface area contributed by atoms with Crippen molar-refractivity contribution in [2.24, 2.45) is 0 Å². The summed E-state index contributed by atoms with van der Waals surface area (Å²) in [4.78, 5) is 13.9. The first-order valence-electron chi connectivity index (χ1n) is 6.43. The molecule has 0 spiro atoms. The van der Waals surface area contributed by atoms with Gasteiger partial charge in [0.25, 0.3) is 0 Å². The van der Waals surface area contributed by atoms with Crippen LogP contribution in [-0.2, 0) is 11.3 Å². The van der Waals surface area contributed by atoms with Crippen LogP contribution in [-0.4, -0.2) is 16.8 Å². The minimum Gasteiger partial charge on any atom is -0.332 e. The van der Waals surface area contributed by atoms with Crippen LogP contribution in [0.3, 0.4) is 0 Å². The van der Waals surface area contributed by atoms with Crippen LogP contribution in [0.25, 0.3) is 0 Å². The number of benzene rings is 1. The number of likely N-dealkylation sites (tertiary alicyclic amines) is 1. The highest BCUT2D eigenvalue weighted by Gasteiger charge is 2.28. The number of hydrogen-bond acceptors (Lipinski definition) is 1. The second-order valence-corrected chi connectivity index (χ2v) is 4.88. The highest BCUT2D eigenvalue weighted by atomic mass is 19.2. The van der Waals surface area contributed by atoms with Gasteiger partial charge in [-0.3, -0.25) is 4.79 Å². The standard InChI is InChI=1S/C15H17F2NO/c1-3-12-6-4-10(2)18(15(12)19)9-11-5-7-13(16)14(17)8-11/h3,5,7-8,10H,4,6,9H2,1-2H3/b12-3+. The Labute approximate surface area is 111 Å². The molecule has 1 heterocycles. The quantitative estimate of drug-likeness (QED) is 0.750. The highest BCUT2D eigenvalue weighted by Crippen LogP contribution is 2.24. The maximum atomic E-state index is 13.2. The second kappa shape index (κ2) is 5.51. The van der Waals surface area contributed by atoms with Gasteiger partial charge in [0.15, 0.2) is 11.6 Å². The lowest BCUT2D eigenvalue weighted by Crippen LogP contribution is -2.42. The van der Waals surface area contributed by atoms with Crippen LogP contribution in [0, 0.1) is 11.6 Å². The fraction of sp³-hybridized carbons (Fsp3) is 0.400. The molecule has 0 bridgehead atoms. The smallest absolute Gasteiger partial charge is 0.249 e. The molecule has 0 aliphatic carbocycles. The van der Waals surface area contributed by atoms with Crippen molar-refractivity contribution >= 4 is 5.91 Å². The molecule has 1 aromatic rings. The van der Waals surface area contributed by atoms with Gasteiger partial charge in [0.05, 0.1) is 0 Å². The molecule has 0 saturated carbocycles. The van der Waals surface area contributed by atoms with Crippen molar-refractivity contribution in [2.75, 3.05) is 0 Å². The van der Waals surface area contributed by atoms with E-state index in [1.807, 2.05) is 19.9 Å². The van der Waals surface area contributed by atoms with Gasteiger partial charge in [-0.05, 0) is 44.4 Å². The molecule has 19 heavy (non-hydrogen) atoms. The summed E-state index contributed by atoms with van der Waals surface area (Å²) in [6.45, 7) is 4.14. The molecule has 2 rings (SSSR count). The number of piperidine rings is 1. The van der Waals surface area contributed by atoms with E-state index >= 15 is 0 Å². The molecule has 1 atom stereocenters. The largest absolute Gasteiger partial charge is 0.332 e. The summed E-state index contributed by atoms with van der Waals surface area (Å²) < 4.78 is 26.1. The zero-order valence-electron chi connectivity index (χ0n) is 11.1. The number of nitrogens with zero attached hydrogens (tertiary/aromatic N) is 1. The van der Waals surface area contributed by atoms with E-state index in [2.05, 4.69) is 0 Å². The van der Waals surface area contributed by atoms with Gasteiger partial charge < -0.3 is 4.90 Å². The number of rotatable bonds is 2. The van der Waals surface area contributed by atoms with E-state index in [0.717, 1.165) is 30.5 Å². The van der Waals surface area contributed by atoms with E-state index in [4.69, 9.17) is 0 Å². The Morgan fingerprint density at radius 3 is 2.74 bits per heavy atom. The number of allylic oxidation sites excluding steroid dienone is 1. The molecule has 2 nitrogen and oxygen atoms in total. The van der Waals surface area contributed by atoms with Gasteiger partial charge in [-0.2, -0.15) is 0 Å². The van der Waals surface area contributed by atoms with Crippen LogP contribution >= 0.6 is 0 Å². The number of carbonyl (C=O) groups is 1. The van der Waals surface area contributed by atoms with Crippen LogP contribution in [0.2, 0.25) is 0 Å². The highest BCUT2D eigenvalue weighted by molar-refractivity contribution is 5.94. The summed E-state index contributed by atoms with van der Waals surface area (Å²) >= 11 is 0. The van der Waals surface area contributed by atoms with E-state index in [1.165, 1.54) is 6.07 Å². The first-order chi connectivity index (χ1) is 9.02. The third kappa shape index (κ3) is 2.83. The van der Waals surface area contributed by atoms with Gasteiger partial charge in [-0.15, -0.1) is 0 Å². The maximum absolute atomic E-state index is 13.2. The van der Waals surface area contributed by atoms with Gasteiger partial charge in [-0.1, -0.05) is 12.1 Å². The first-order valence-corrected chi connectivity index (χ1v) is 6.43. The fourth-order valence-electron chi connectivity index (χ4n) is 2.34. The fourth-order valence-corrected chi connectivity index (χ4v) is 2.34. The number of carbonyl (C=O) groups excluding carboxylic acids is 1. The lowest BCUT2D eigenvalue weighted by Gasteiger charge is -2.34. The number of hydrogen-bond donors (Lipinski definition) is 0. The van der Waals surface area contributed by atoms with Crippen LogP contribution in [0.4, 0.5) is 8.78 Å². The predicted octanol–water partition coefficient (Wildman–Crippen LogP) is 3.42. The zero-order valence-corrected chi connectivity index (χ0v) is 11.1. The Kier molecular flexibility index (Phi) is 3.98. The zero-order chi connectivity index (χ0) is 14.0. The van der Waals surface area contributed by atoms with Crippen molar-refractivity contribution in [2.45, 2.75) is 39.3 Å². The molecule has 4 heteroatoms. The van der Waals surface area contributed by atoms with Crippen LogP contribution < -0.4 is 0 Å². The monoisotopic (exact) mass is 265 g/mol. The van der Waals surface area contributed by atoms with Crippen LogP contribution in [0.1, 0.15) is 32.3 Å². The summed E-state index contributed by atoms with van der Waals surface area (Å²) in [6, 6.07) is 3.88. The molecular weight excluding hydrogens is 248 g/mol. The third-order valence-electron chi connectivity index (χ3n) is 3.58. The topological polar surface area (TPSA) is 20.3 Å². The molecule has 1 saturated heterocycles. The van der Waals surface area contributed by atoms with Crippen LogP contribution in [0.15, 0.2) is 29.8 Å². The Morgan fingerprint density at radius 2 is 2.11 bits per heavy atom. The van der Waals surface area contributed by atoms with Gasteiger partial charge in [0, 0.05) is 18.2 Å². The van der Waals surface area contributed by atoms with Gasteiger partial charge >= 0.3 is 0 Å². The molecule has 102 valence electrons. The summed E-state index contributed by atoms with van der Waals surface area (Å²) in [5.74, 6) is -1.75. The van der Waals surface area contributed by atoms with Crippen LogP contribution in [0.5, 0.6) is 0 Å². The van der Waals surface area contributed by atoms with Crippen molar-refractivity contribution < 1.29 is 13.6 Å². The SMILES string of the molecule is C/C=C1\CCC(C)N(Cc2ccc(F)c(F)c2)C1=O. The average Bonchev–Trinajstić information content (AvgIpc) is 2.39. The van der Waals surface area contributed by atoms with E-state index < -0.39 is 11.6 Å². The molecule has 1 amide bonds. The summed E-state index contributed by atoms with van der Waals surface area (Å²) in [6.07, 6.45) is 3.51. The molecule has 0 aromatic heterocycles. The van der Waals surface area contributed by atoms with Crippen molar-refractivity contribution in [3.63, 3.8) is 0 Å². The normalized spacial score (nSPS) is 22.1. The Morgan fingerprint density at radius 1 is 1.37 bits per heavy atom. The minimum absolute atomic E-state index is 0.00835. The average molecular weight is 265 g/mol. The lowest BCUT2D eigenvalue weighted by atomic mass is 9.97. The predicted molar refractivity (Wildman–Crippen MR) is 69.4 cm³/mol. The molecule has 0 radical (unpaired) electrons. The molecule has 1 unspecified atom stereocenters. The Hall–Kier alpha value is -1.71. The Bertz CT molecular complexity index is 525. The molecule has 1 aliphatic heterocycles. The van der Waals surface area contributed by atoms with E-state index in [1.54, 1.807) is 4.90 Å². The van der Waals surface area contributed by atoms with Gasteiger partial charge in [0.2, 0.25) is 5.91 Å². The van der Waals surface area contributed by atoms with Crippen molar-refractivity contribution in [1.29, 1.82) is 0 Å². The molecular formula is C15H17F2NO. The van der Waals surface area contributed by atoms with Gasteiger partial charge in [-0.25, -0.2) is 8.78 Å². The van der Waals surface area contributed by atoms with E-state index in [0.29, 0.717) is 12.1 Å². The van der Waals surface area contributed by atoms with Crippen molar-refractivity contribution in [1.82, 2.24) is 4.90 Å². The molecule has 1 aliphatic rings. The molecule has 1 aromatic carbocycles. The van der Waals surface area contributed by atoms with E-state index in [-0.39, 0.29) is 11.9 Å².